The molecule has 2 N–H and O–H groups in total. The SMILES string of the molecule is CC(C)COC(=O)c1ccc(O)cc1.CCCOC(=O)c1ccc(O)cc1.[Na].[Na]. The van der Waals surface area contributed by atoms with E-state index in [2.05, 4.69) is 0 Å². The molecule has 29 heavy (non-hydrogen) atoms. The molecule has 0 unspecified atom stereocenters. The Morgan fingerprint density at radius 3 is 1.52 bits per heavy atom. The fourth-order valence-electron chi connectivity index (χ4n) is 1.80. The van der Waals surface area contributed by atoms with Crippen LogP contribution in [0, 0.1) is 5.92 Å². The molecule has 148 valence electrons. The number of rotatable bonds is 6. The number of hydrogen-bond donors (Lipinski definition) is 2. The van der Waals surface area contributed by atoms with Gasteiger partial charge in [-0.25, -0.2) is 9.59 Å². The van der Waals surface area contributed by atoms with E-state index in [0.29, 0.717) is 30.3 Å². The number of carbonyl (C=O) groups excluding carboxylic acids is 2. The minimum Gasteiger partial charge on any atom is -0.508 e. The minimum absolute atomic E-state index is 0. The Balaban J connectivity index is 0. The zero-order chi connectivity index (χ0) is 20.2. The summed E-state index contributed by atoms with van der Waals surface area (Å²) in [6.07, 6.45) is 0.809. The third kappa shape index (κ3) is 13.0. The maximum Gasteiger partial charge on any atom is 0.338 e. The summed E-state index contributed by atoms with van der Waals surface area (Å²) in [5.74, 6) is -0.0749. The predicted molar refractivity (Wildman–Crippen MR) is 113 cm³/mol. The number of phenols is 2. The summed E-state index contributed by atoms with van der Waals surface area (Å²) in [4.78, 5) is 22.6. The van der Waals surface area contributed by atoms with Crippen LogP contribution < -0.4 is 0 Å². The largest absolute Gasteiger partial charge is 0.508 e. The summed E-state index contributed by atoms with van der Waals surface area (Å²) >= 11 is 0. The van der Waals surface area contributed by atoms with E-state index in [0.717, 1.165) is 6.42 Å². The van der Waals surface area contributed by atoms with Crippen LogP contribution in [0.5, 0.6) is 11.5 Å². The van der Waals surface area contributed by atoms with Crippen LogP contribution in [0.4, 0.5) is 0 Å². The van der Waals surface area contributed by atoms with Crippen LogP contribution in [0.15, 0.2) is 48.5 Å². The molecule has 0 amide bonds. The fraction of sp³-hybridized carbons (Fsp3) is 0.333. The first-order valence-electron chi connectivity index (χ1n) is 8.75. The van der Waals surface area contributed by atoms with Crippen LogP contribution in [0.3, 0.4) is 0 Å². The Bertz CT molecular complexity index is 715. The van der Waals surface area contributed by atoms with Gasteiger partial charge in [-0.2, -0.15) is 0 Å². The van der Waals surface area contributed by atoms with Crippen molar-refractivity contribution in [2.24, 2.45) is 5.92 Å². The van der Waals surface area contributed by atoms with E-state index in [1.807, 2.05) is 20.8 Å². The van der Waals surface area contributed by atoms with Crippen molar-refractivity contribution < 1.29 is 29.3 Å². The zero-order valence-electron chi connectivity index (χ0n) is 17.8. The monoisotopic (exact) mass is 420 g/mol. The molecule has 2 radical (unpaired) electrons. The van der Waals surface area contributed by atoms with Gasteiger partial charge in [0.15, 0.2) is 0 Å². The molecule has 0 atom stereocenters. The van der Waals surface area contributed by atoms with Crippen LogP contribution in [0.25, 0.3) is 0 Å². The summed E-state index contributed by atoms with van der Waals surface area (Å²) in [6.45, 7) is 6.73. The van der Waals surface area contributed by atoms with Gasteiger partial charge >= 0.3 is 11.9 Å². The van der Waals surface area contributed by atoms with Crippen molar-refractivity contribution in [1.29, 1.82) is 0 Å². The average molecular weight is 420 g/mol. The van der Waals surface area contributed by atoms with E-state index < -0.39 is 0 Å². The molecule has 6 nitrogen and oxygen atoms in total. The fourth-order valence-corrected chi connectivity index (χ4v) is 1.80. The molecular formula is C21H26Na2O6. The number of carbonyl (C=O) groups is 2. The van der Waals surface area contributed by atoms with E-state index in [9.17, 15) is 9.59 Å². The molecule has 2 rings (SSSR count). The Labute approximate surface area is 216 Å². The normalized spacial score (nSPS) is 9.24. The van der Waals surface area contributed by atoms with Gasteiger partial charge in [-0.3, -0.25) is 0 Å². The molecular weight excluding hydrogens is 394 g/mol. The number of esters is 2. The first kappa shape index (κ1) is 30.2. The molecule has 2 aromatic rings. The van der Waals surface area contributed by atoms with Crippen LogP contribution in [0.1, 0.15) is 47.9 Å². The number of ether oxygens (including phenoxy) is 2. The molecule has 0 bridgehead atoms. The van der Waals surface area contributed by atoms with Gasteiger partial charge in [0, 0.05) is 59.1 Å². The van der Waals surface area contributed by atoms with Gasteiger partial charge in [0.05, 0.1) is 24.3 Å². The molecule has 0 aliphatic carbocycles. The molecule has 2 aromatic carbocycles. The quantitative estimate of drug-likeness (QED) is 0.550. The van der Waals surface area contributed by atoms with Crippen molar-refractivity contribution in [1.82, 2.24) is 0 Å². The predicted octanol–water partition coefficient (Wildman–Crippen LogP) is 3.40. The number of phenolic OH excluding ortho intramolecular Hbond substituents is 2. The number of benzene rings is 2. The van der Waals surface area contributed by atoms with Crippen molar-refractivity contribution >= 4 is 71.1 Å². The maximum atomic E-state index is 11.4. The van der Waals surface area contributed by atoms with Gasteiger partial charge in [0.2, 0.25) is 0 Å². The zero-order valence-corrected chi connectivity index (χ0v) is 21.8. The minimum atomic E-state index is -0.348. The third-order valence-electron chi connectivity index (χ3n) is 3.19. The molecule has 0 heterocycles. The first-order valence-corrected chi connectivity index (χ1v) is 8.75. The first-order chi connectivity index (χ1) is 12.8. The Morgan fingerprint density at radius 2 is 1.17 bits per heavy atom. The van der Waals surface area contributed by atoms with Crippen molar-refractivity contribution in [3.8, 4) is 11.5 Å². The summed E-state index contributed by atoms with van der Waals surface area (Å²) in [7, 11) is 0. The smallest absolute Gasteiger partial charge is 0.338 e. The molecule has 0 fully saturated rings. The van der Waals surface area contributed by atoms with Gasteiger partial charge in [0.25, 0.3) is 0 Å². The Hall–Kier alpha value is -1.02. The average Bonchev–Trinajstić information content (AvgIpc) is 2.66. The number of aromatic hydroxyl groups is 2. The van der Waals surface area contributed by atoms with Gasteiger partial charge in [-0.15, -0.1) is 0 Å². The van der Waals surface area contributed by atoms with Gasteiger partial charge < -0.3 is 19.7 Å². The van der Waals surface area contributed by atoms with E-state index in [1.165, 1.54) is 48.5 Å². The summed E-state index contributed by atoms with van der Waals surface area (Å²) in [6, 6.07) is 12.0. The second-order valence-corrected chi connectivity index (χ2v) is 6.22. The molecule has 0 aromatic heterocycles. The summed E-state index contributed by atoms with van der Waals surface area (Å²) < 4.78 is 9.91. The van der Waals surface area contributed by atoms with E-state index >= 15 is 0 Å². The van der Waals surface area contributed by atoms with Crippen LogP contribution in [-0.2, 0) is 9.47 Å². The Morgan fingerprint density at radius 1 is 0.793 bits per heavy atom. The maximum absolute atomic E-state index is 11.4. The third-order valence-corrected chi connectivity index (χ3v) is 3.19. The van der Waals surface area contributed by atoms with Crippen LogP contribution in [0.2, 0.25) is 0 Å². The van der Waals surface area contributed by atoms with Gasteiger partial charge in [-0.1, -0.05) is 20.8 Å². The molecule has 0 saturated carbocycles. The summed E-state index contributed by atoms with van der Waals surface area (Å²) in [5.41, 5.74) is 0.926. The van der Waals surface area contributed by atoms with Crippen molar-refractivity contribution in [3.05, 3.63) is 59.7 Å². The van der Waals surface area contributed by atoms with Crippen LogP contribution >= 0.6 is 0 Å². The second kappa shape index (κ2) is 16.7. The molecule has 0 aliphatic heterocycles. The van der Waals surface area contributed by atoms with E-state index in [4.69, 9.17) is 19.7 Å². The van der Waals surface area contributed by atoms with Crippen LogP contribution in [-0.4, -0.2) is 94.5 Å². The topological polar surface area (TPSA) is 93.1 Å². The second-order valence-electron chi connectivity index (χ2n) is 6.22. The standard InChI is InChI=1S/C11H14O3.C10H12O3.2Na/c1-8(2)7-14-11(13)9-3-5-10(12)6-4-9;1-2-7-13-10(12)8-3-5-9(11)6-4-8;;/h3-6,8,12H,7H2,1-2H3;3-6,11H,2,7H2,1H3;;. The number of hydrogen-bond acceptors (Lipinski definition) is 6. The van der Waals surface area contributed by atoms with E-state index in [1.54, 1.807) is 0 Å². The van der Waals surface area contributed by atoms with Gasteiger partial charge in [0.1, 0.15) is 11.5 Å². The van der Waals surface area contributed by atoms with Crippen molar-refractivity contribution in [2.45, 2.75) is 27.2 Å². The summed E-state index contributed by atoms with van der Waals surface area (Å²) in [5, 5.41) is 18.0. The van der Waals surface area contributed by atoms with Crippen molar-refractivity contribution in [2.75, 3.05) is 13.2 Å². The van der Waals surface area contributed by atoms with E-state index in [-0.39, 0.29) is 82.6 Å². The Kier molecular flexibility index (Phi) is 17.4. The molecule has 8 heteroatoms. The molecule has 0 saturated heterocycles. The molecule has 0 spiro atoms. The van der Waals surface area contributed by atoms with Gasteiger partial charge in [-0.05, 0) is 60.9 Å². The molecule has 0 aliphatic rings. The van der Waals surface area contributed by atoms with Crippen molar-refractivity contribution in [3.63, 3.8) is 0 Å².